The van der Waals surface area contributed by atoms with Gasteiger partial charge in [0.2, 0.25) is 5.82 Å². The third kappa shape index (κ3) is 3.52. The zero-order chi connectivity index (χ0) is 20.3. The maximum atomic E-state index is 13.6. The van der Waals surface area contributed by atoms with Gasteiger partial charge in [0.15, 0.2) is 0 Å². The summed E-state index contributed by atoms with van der Waals surface area (Å²) in [6, 6.07) is 17.1. The van der Waals surface area contributed by atoms with Gasteiger partial charge in [-0.25, -0.2) is 4.98 Å². The van der Waals surface area contributed by atoms with Crippen LogP contribution in [0.25, 0.3) is 22.8 Å². The van der Waals surface area contributed by atoms with Crippen molar-refractivity contribution in [2.24, 2.45) is 0 Å². The van der Waals surface area contributed by atoms with Crippen LogP contribution in [-0.2, 0) is 0 Å². The van der Waals surface area contributed by atoms with Crippen LogP contribution in [0, 0.1) is 0 Å². The van der Waals surface area contributed by atoms with Crippen LogP contribution in [0.2, 0.25) is 0 Å². The largest absolute Gasteiger partial charge is 0.334 e. The zero-order valence-corrected chi connectivity index (χ0v) is 17.1. The van der Waals surface area contributed by atoms with E-state index in [9.17, 15) is 4.79 Å². The molecule has 1 aliphatic heterocycles. The van der Waals surface area contributed by atoms with Gasteiger partial charge in [0.1, 0.15) is 5.01 Å². The fourth-order valence-electron chi connectivity index (χ4n) is 3.88. The van der Waals surface area contributed by atoms with Crippen LogP contribution in [-0.4, -0.2) is 32.5 Å². The molecule has 0 aliphatic carbocycles. The standard InChI is InChI=1S/C23H20N4O2S/c28-23(27-14-7-6-12-19(27)22-24-13-15-30-22)18-11-5-4-10-17(18)21-25-20(26-29-21)16-8-2-1-3-9-16/h1-5,8-11,13,15,19H,6-7,12,14H2. The van der Waals surface area contributed by atoms with Crippen molar-refractivity contribution in [1.29, 1.82) is 0 Å². The highest BCUT2D eigenvalue weighted by Gasteiger charge is 2.32. The van der Waals surface area contributed by atoms with Crippen molar-refractivity contribution in [2.75, 3.05) is 6.54 Å². The highest BCUT2D eigenvalue weighted by Crippen LogP contribution is 2.35. The van der Waals surface area contributed by atoms with E-state index in [1.54, 1.807) is 17.5 Å². The number of amides is 1. The molecule has 0 bridgehead atoms. The lowest BCUT2D eigenvalue weighted by atomic mass is 9.99. The van der Waals surface area contributed by atoms with Gasteiger partial charge in [0.25, 0.3) is 11.8 Å². The van der Waals surface area contributed by atoms with Gasteiger partial charge < -0.3 is 9.42 Å². The molecule has 2 aromatic carbocycles. The van der Waals surface area contributed by atoms with Crippen molar-refractivity contribution in [3.05, 3.63) is 76.7 Å². The van der Waals surface area contributed by atoms with E-state index in [1.165, 1.54) is 0 Å². The molecule has 1 saturated heterocycles. The van der Waals surface area contributed by atoms with Crippen LogP contribution in [0.5, 0.6) is 0 Å². The molecule has 0 saturated carbocycles. The molecule has 0 radical (unpaired) electrons. The van der Waals surface area contributed by atoms with E-state index in [0.29, 0.717) is 22.8 Å². The lowest BCUT2D eigenvalue weighted by Gasteiger charge is -2.34. The minimum Gasteiger partial charge on any atom is -0.334 e. The molecular formula is C23H20N4O2S. The highest BCUT2D eigenvalue weighted by atomic mass is 32.1. The molecule has 1 aliphatic rings. The Morgan fingerprint density at radius 1 is 1.07 bits per heavy atom. The minimum atomic E-state index is -0.0232. The van der Waals surface area contributed by atoms with Crippen molar-refractivity contribution in [1.82, 2.24) is 20.0 Å². The summed E-state index contributed by atoms with van der Waals surface area (Å²) in [7, 11) is 0. The predicted molar refractivity (Wildman–Crippen MR) is 115 cm³/mol. The maximum absolute atomic E-state index is 13.6. The van der Waals surface area contributed by atoms with Crippen LogP contribution < -0.4 is 0 Å². The number of carbonyl (C=O) groups is 1. The number of thiazole rings is 1. The SMILES string of the molecule is O=C(c1ccccc1-c1nc(-c2ccccc2)no1)N1CCCCC1c1nccs1. The average Bonchev–Trinajstić information content (AvgIpc) is 3.52. The number of hydrogen-bond donors (Lipinski definition) is 0. The van der Waals surface area contributed by atoms with Crippen molar-refractivity contribution in [3.8, 4) is 22.8 Å². The molecule has 0 N–H and O–H groups in total. The highest BCUT2D eigenvalue weighted by molar-refractivity contribution is 7.09. The number of nitrogens with zero attached hydrogens (tertiary/aromatic N) is 4. The fraction of sp³-hybridized carbons (Fsp3) is 0.217. The zero-order valence-electron chi connectivity index (χ0n) is 16.3. The Kier molecular flexibility index (Phi) is 5.11. The molecule has 30 heavy (non-hydrogen) atoms. The van der Waals surface area contributed by atoms with Crippen LogP contribution in [0.1, 0.15) is 40.7 Å². The second-order valence-corrected chi connectivity index (χ2v) is 8.14. The molecule has 2 aromatic heterocycles. The molecule has 150 valence electrons. The smallest absolute Gasteiger partial charge is 0.259 e. The van der Waals surface area contributed by atoms with Crippen LogP contribution in [0.4, 0.5) is 0 Å². The van der Waals surface area contributed by atoms with E-state index in [0.717, 1.165) is 36.4 Å². The first-order chi connectivity index (χ1) is 14.8. The molecular weight excluding hydrogens is 396 g/mol. The Morgan fingerprint density at radius 3 is 2.73 bits per heavy atom. The van der Waals surface area contributed by atoms with E-state index in [2.05, 4.69) is 15.1 Å². The summed E-state index contributed by atoms with van der Waals surface area (Å²) in [4.78, 5) is 24.5. The first-order valence-corrected chi connectivity index (χ1v) is 10.9. The normalized spacial score (nSPS) is 16.5. The van der Waals surface area contributed by atoms with Gasteiger partial charge in [-0.05, 0) is 31.4 Å². The lowest BCUT2D eigenvalue weighted by molar-refractivity contribution is 0.0611. The van der Waals surface area contributed by atoms with Gasteiger partial charge in [-0.1, -0.05) is 47.6 Å². The van der Waals surface area contributed by atoms with Crippen LogP contribution >= 0.6 is 11.3 Å². The second-order valence-electron chi connectivity index (χ2n) is 7.22. The number of piperidine rings is 1. The van der Waals surface area contributed by atoms with Crippen molar-refractivity contribution in [2.45, 2.75) is 25.3 Å². The van der Waals surface area contributed by atoms with Gasteiger partial charge in [-0.3, -0.25) is 4.79 Å². The fourth-order valence-corrected chi connectivity index (χ4v) is 4.66. The quantitative estimate of drug-likeness (QED) is 0.456. The number of hydrogen-bond acceptors (Lipinski definition) is 6. The number of rotatable bonds is 4. The third-order valence-corrected chi connectivity index (χ3v) is 6.22. The van der Waals surface area contributed by atoms with Gasteiger partial charge in [0.05, 0.1) is 17.2 Å². The third-order valence-electron chi connectivity index (χ3n) is 5.35. The van der Waals surface area contributed by atoms with Gasteiger partial charge in [-0.2, -0.15) is 4.98 Å². The van der Waals surface area contributed by atoms with E-state index in [1.807, 2.05) is 64.9 Å². The van der Waals surface area contributed by atoms with E-state index < -0.39 is 0 Å². The average molecular weight is 417 g/mol. The summed E-state index contributed by atoms with van der Waals surface area (Å²) >= 11 is 1.60. The molecule has 6 nitrogen and oxygen atoms in total. The predicted octanol–water partition coefficient (Wildman–Crippen LogP) is 5.23. The molecule has 1 atom stereocenters. The van der Waals surface area contributed by atoms with Crippen molar-refractivity contribution >= 4 is 17.2 Å². The van der Waals surface area contributed by atoms with Gasteiger partial charge in [0, 0.05) is 23.7 Å². The summed E-state index contributed by atoms with van der Waals surface area (Å²) in [6.07, 6.45) is 4.82. The Bertz CT molecular complexity index is 1140. The first-order valence-electron chi connectivity index (χ1n) is 10.00. The molecule has 5 rings (SSSR count). The van der Waals surface area contributed by atoms with E-state index in [-0.39, 0.29) is 11.9 Å². The summed E-state index contributed by atoms with van der Waals surface area (Å²) in [5.41, 5.74) is 2.10. The Morgan fingerprint density at radius 2 is 1.90 bits per heavy atom. The molecule has 1 unspecified atom stereocenters. The number of aromatic nitrogens is 3. The number of benzene rings is 2. The van der Waals surface area contributed by atoms with Crippen molar-refractivity contribution < 1.29 is 9.32 Å². The molecule has 1 amide bonds. The molecule has 0 spiro atoms. The second kappa shape index (κ2) is 8.20. The Hall–Kier alpha value is -3.32. The van der Waals surface area contributed by atoms with E-state index in [4.69, 9.17) is 4.52 Å². The van der Waals surface area contributed by atoms with E-state index >= 15 is 0 Å². The molecule has 3 heterocycles. The first kappa shape index (κ1) is 18.7. The summed E-state index contributed by atoms with van der Waals surface area (Å²) in [6.45, 7) is 0.719. The van der Waals surface area contributed by atoms with Crippen LogP contribution in [0.15, 0.2) is 70.7 Å². The Labute approximate surface area is 178 Å². The minimum absolute atomic E-state index is 0.0156. The number of likely N-dealkylation sites (tertiary alicyclic amines) is 1. The molecule has 7 heteroatoms. The van der Waals surface area contributed by atoms with Gasteiger partial charge >= 0.3 is 0 Å². The number of carbonyl (C=O) groups excluding carboxylic acids is 1. The maximum Gasteiger partial charge on any atom is 0.259 e. The van der Waals surface area contributed by atoms with Crippen molar-refractivity contribution in [3.63, 3.8) is 0 Å². The summed E-state index contributed by atoms with van der Waals surface area (Å²) in [5.74, 6) is 0.831. The summed E-state index contributed by atoms with van der Waals surface area (Å²) < 4.78 is 5.54. The molecule has 1 fully saturated rings. The molecule has 4 aromatic rings. The lowest BCUT2D eigenvalue weighted by Crippen LogP contribution is -2.38. The van der Waals surface area contributed by atoms with Crippen LogP contribution in [0.3, 0.4) is 0 Å². The Balaban J connectivity index is 1.49. The summed E-state index contributed by atoms with van der Waals surface area (Å²) in [5, 5.41) is 7.06. The van der Waals surface area contributed by atoms with Gasteiger partial charge in [-0.15, -0.1) is 11.3 Å². The monoisotopic (exact) mass is 416 g/mol. The topological polar surface area (TPSA) is 72.1 Å².